The van der Waals surface area contributed by atoms with Crippen molar-refractivity contribution in [3.05, 3.63) is 28.8 Å². The highest BCUT2D eigenvalue weighted by molar-refractivity contribution is 6.31. The van der Waals surface area contributed by atoms with Gasteiger partial charge in [-0.1, -0.05) is 17.7 Å². The van der Waals surface area contributed by atoms with Crippen LogP contribution in [0.1, 0.15) is 31.2 Å². The van der Waals surface area contributed by atoms with Crippen molar-refractivity contribution in [1.29, 1.82) is 0 Å². The van der Waals surface area contributed by atoms with E-state index in [1.165, 1.54) is 51.0 Å². The highest BCUT2D eigenvalue weighted by atomic mass is 35.5. The van der Waals surface area contributed by atoms with Crippen LogP contribution >= 0.6 is 11.6 Å². The second kappa shape index (κ2) is 6.99. The summed E-state index contributed by atoms with van der Waals surface area (Å²) in [5.74, 6) is 0.873. The van der Waals surface area contributed by atoms with E-state index in [9.17, 15) is 0 Å². The third-order valence-corrected chi connectivity index (χ3v) is 5.30. The second-order valence-corrected chi connectivity index (χ2v) is 6.83. The molecule has 2 saturated heterocycles. The van der Waals surface area contributed by atoms with E-state index in [0.717, 1.165) is 29.6 Å². The molecular weight excluding hydrogens is 282 g/mol. The van der Waals surface area contributed by atoms with Crippen molar-refractivity contribution in [1.82, 2.24) is 4.90 Å². The Hall–Kier alpha value is -0.770. The minimum absolute atomic E-state index is 0.511. The van der Waals surface area contributed by atoms with Gasteiger partial charge in [-0.05, 0) is 62.4 Å². The van der Waals surface area contributed by atoms with Gasteiger partial charge in [-0.25, -0.2) is 0 Å². The van der Waals surface area contributed by atoms with Crippen molar-refractivity contribution in [3.8, 4) is 0 Å². The zero-order chi connectivity index (χ0) is 14.7. The molecule has 0 bridgehead atoms. The number of piperidine rings is 1. The van der Waals surface area contributed by atoms with Gasteiger partial charge < -0.3 is 15.5 Å². The quantitative estimate of drug-likeness (QED) is 0.927. The first kappa shape index (κ1) is 15.1. The highest BCUT2D eigenvalue weighted by Crippen LogP contribution is 2.28. The summed E-state index contributed by atoms with van der Waals surface area (Å²) in [4.78, 5) is 5.11. The topological polar surface area (TPSA) is 32.5 Å². The minimum atomic E-state index is 0.511. The molecule has 0 aliphatic carbocycles. The largest absolute Gasteiger partial charge is 0.371 e. The number of hydrogen-bond donors (Lipinski definition) is 1. The van der Waals surface area contributed by atoms with Crippen molar-refractivity contribution >= 4 is 17.3 Å². The van der Waals surface area contributed by atoms with E-state index in [2.05, 4.69) is 28.0 Å². The maximum Gasteiger partial charge on any atom is 0.0471 e. The molecule has 2 heterocycles. The average Bonchev–Trinajstić information content (AvgIpc) is 3.01. The zero-order valence-corrected chi connectivity index (χ0v) is 13.5. The van der Waals surface area contributed by atoms with Crippen LogP contribution in [0, 0.1) is 5.92 Å². The van der Waals surface area contributed by atoms with E-state index in [-0.39, 0.29) is 0 Å². The lowest BCUT2D eigenvalue weighted by Crippen LogP contribution is -2.38. The fraction of sp³-hybridized carbons (Fsp3) is 0.647. The molecule has 0 radical (unpaired) electrons. The van der Waals surface area contributed by atoms with Crippen molar-refractivity contribution in [2.24, 2.45) is 11.7 Å². The molecule has 116 valence electrons. The predicted octanol–water partition coefficient (Wildman–Crippen LogP) is 3.11. The van der Waals surface area contributed by atoms with Crippen LogP contribution in [-0.4, -0.2) is 37.6 Å². The standard InChI is InChI=1S/C17H26ClN3/c18-17-11-16(4-3-15(17)12-19)21-9-5-14(6-10-21)13-20-7-1-2-8-20/h3-4,11,14H,1-2,5-10,12-13,19H2. The maximum absolute atomic E-state index is 6.28. The Morgan fingerprint density at radius 3 is 2.43 bits per heavy atom. The summed E-state index contributed by atoms with van der Waals surface area (Å²) in [5, 5.41) is 0.800. The van der Waals surface area contributed by atoms with E-state index in [4.69, 9.17) is 17.3 Å². The lowest BCUT2D eigenvalue weighted by atomic mass is 9.96. The summed E-state index contributed by atoms with van der Waals surface area (Å²) in [5.41, 5.74) is 7.95. The van der Waals surface area contributed by atoms with Gasteiger partial charge >= 0.3 is 0 Å². The second-order valence-electron chi connectivity index (χ2n) is 6.42. The Balaban J connectivity index is 1.54. The zero-order valence-electron chi connectivity index (χ0n) is 12.7. The number of nitrogens with two attached hydrogens (primary N) is 1. The third kappa shape index (κ3) is 3.71. The molecule has 2 fully saturated rings. The van der Waals surface area contributed by atoms with Crippen LogP contribution in [-0.2, 0) is 6.54 Å². The molecule has 0 spiro atoms. The summed E-state index contributed by atoms with van der Waals surface area (Å²) in [6.07, 6.45) is 5.38. The molecule has 2 aliphatic rings. The first-order valence-corrected chi connectivity index (χ1v) is 8.60. The van der Waals surface area contributed by atoms with Gasteiger partial charge in [-0.2, -0.15) is 0 Å². The van der Waals surface area contributed by atoms with E-state index in [0.29, 0.717) is 6.54 Å². The Bertz CT molecular complexity index is 463. The molecule has 2 N–H and O–H groups in total. The van der Waals surface area contributed by atoms with Crippen molar-refractivity contribution < 1.29 is 0 Å². The van der Waals surface area contributed by atoms with Gasteiger partial charge in [0, 0.05) is 36.9 Å². The number of anilines is 1. The minimum Gasteiger partial charge on any atom is -0.371 e. The van der Waals surface area contributed by atoms with Gasteiger partial charge in [-0.3, -0.25) is 0 Å². The monoisotopic (exact) mass is 307 g/mol. The first-order chi connectivity index (χ1) is 10.3. The van der Waals surface area contributed by atoms with Crippen molar-refractivity contribution in [3.63, 3.8) is 0 Å². The van der Waals surface area contributed by atoms with E-state index >= 15 is 0 Å². The van der Waals surface area contributed by atoms with Gasteiger partial charge in [0.1, 0.15) is 0 Å². The van der Waals surface area contributed by atoms with Crippen LogP contribution in [0.15, 0.2) is 18.2 Å². The van der Waals surface area contributed by atoms with Crippen LogP contribution in [0.3, 0.4) is 0 Å². The van der Waals surface area contributed by atoms with Crippen LogP contribution in [0.5, 0.6) is 0 Å². The normalized spacial score (nSPS) is 21.1. The van der Waals surface area contributed by atoms with Gasteiger partial charge in [0.2, 0.25) is 0 Å². The molecule has 4 heteroatoms. The van der Waals surface area contributed by atoms with E-state index < -0.39 is 0 Å². The lowest BCUT2D eigenvalue weighted by molar-refractivity contribution is 0.249. The molecule has 1 aromatic rings. The SMILES string of the molecule is NCc1ccc(N2CCC(CN3CCCC3)CC2)cc1Cl. The Labute approximate surface area is 133 Å². The fourth-order valence-corrected chi connectivity index (χ4v) is 3.85. The molecule has 1 aromatic carbocycles. The molecule has 3 nitrogen and oxygen atoms in total. The molecule has 0 saturated carbocycles. The Kier molecular flexibility index (Phi) is 5.04. The number of benzene rings is 1. The molecule has 3 rings (SSSR count). The summed E-state index contributed by atoms with van der Waals surface area (Å²) in [6, 6.07) is 6.30. The number of halogens is 1. The number of rotatable bonds is 4. The summed E-state index contributed by atoms with van der Waals surface area (Å²) in [6.45, 7) is 6.75. The summed E-state index contributed by atoms with van der Waals surface area (Å²) >= 11 is 6.28. The molecule has 2 aliphatic heterocycles. The Morgan fingerprint density at radius 1 is 1.10 bits per heavy atom. The molecule has 0 aromatic heterocycles. The lowest BCUT2D eigenvalue weighted by Gasteiger charge is -2.35. The smallest absolute Gasteiger partial charge is 0.0471 e. The van der Waals surface area contributed by atoms with E-state index in [1.54, 1.807) is 0 Å². The summed E-state index contributed by atoms with van der Waals surface area (Å²) in [7, 11) is 0. The van der Waals surface area contributed by atoms with Crippen LogP contribution in [0.4, 0.5) is 5.69 Å². The van der Waals surface area contributed by atoms with Gasteiger partial charge in [-0.15, -0.1) is 0 Å². The van der Waals surface area contributed by atoms with Crippen molar-refractivity contribution in [2.75, 3.05) is 37.6 Å². The molecular formula is C17H26ClN3. The van der Waals surface area contributed by atoms with Crippen LogP contribution < -0.4 is 10.6 Å². The molecule has 0 amide bonds. The van der Waals surface area contributed by atoms with Crippen LogP contribution in [0.25, 0.3) is 0 Å². The fourth-order valence-electron chi connectivity index (χ4n) is 3.60. The average molecular weight is 308 g/mol. The van der Waals surface area contributed by atoms with Gasteiger partial charge in [0.15, 0.2) is 0 Å². The third-order valence-electron chi connectivity index (χ3n) is 4.95. The van der Waals surface area contributed by atoms with E-state index in [1.807, 2.05) is 0 Å². The number of likely N-dealkylation sites (tertiary alicyclic amines) is 1. The number of hydrogen-bond acceptors (Lipinski definition) is 3. The summed E-state index contributed by atoms with van der Waals surface area (Å²) < 4.78 is 0. The van der Waals surface area contributed by atoms with Gasteiger partial charge in [0.25, 0.3) is 0 Å². The predicted molar refractivity (Wildman–Crippen MR) is 90.0 cm³/mol. The van der Waals surface area contributed by atoms with Gasteiger partial charge in [0.05, 0.1) is 0 Å². The van der Waals surface area contributed by atoms with Crippen molar-refractivity contribution in [2.45, 2.75) is 32.2 Å². The highest BCUT2D eigenvalue weighted by Gasteiger charge is 2.23. The molecule has 0 unspecified atom stereocenters. The maximum atomic E-state index is 6.28. The Morgan fingerprint density at radius 2 is 1.81 bits per heavy atom. The molecule has 21 heavy (non-hydrogen) atoms. The molecule has 0 atom stereocenters. The first-order valence-electron chi connectivity index (χ1n) is 8.22. The number of nitrogens with zero attached hydrogens (tertiary/aromatic N) is 2. The van der Waals surface area contributed by atoms with Crippen LogP contribution in [0.2, 0.25) is 5.02 Å².